The molecule has 2 aliphatic carbocycles. The summed E-state index contributed by atoms with van der Waals surface area (Å²) in [5, 5.41) is -0.633. The highest BCUT2D eigenvalue weighted by Crippen LogP contribution is 2.57. The smallest absolute Gasteiger partial charge is 0.410 e. The van der Waals surface area contributed by atoms with Crippen molar-refractivity contribution in [2.75, 3.05) is 26.2 Å². The van der Waals surface area contributed by atoms with Crippen molar-refractivity contribution in [3.63, 3.8) is 0 Å². The number of fused-ring (bicyclic) bond motifs is 3. The van der Waals surface area contributed by atoms with Crippen LogP contribution in [0.5, 0.6) is 0 Å². The van der Waals surface area contributed by atoms with Gasteiger partial charge in [-0.05, 0) is 68.4 Å². The molecular formula is C39H50F2N4O8S. The summed E-state index contributed by atoms with van der Waals surface area (Å²) in [4.78, 5) is 73.7. The predicted molar refractivity (Wildman–Crippen MR) is 192 cm³/mol. The molecule has 0 unspecified atom stereocenters. The Bertz CT molecular complexity index is 1800. The van der Waals surface area contributed by atoms with Crippen LogP contribution in [0.1, 0.15) is 94.6 Å². The van der Waals surface area contributed by atoms with Gasteiger partial charge in [0.25, 0.3) is 5.92 Å². The van der Waals surface area contributed by atoms with Crippen LogP contribution < -0.4 is 4.72 Å². The maximum absolute atomic E-state index is 14.5. The second-order valence-electron chi connectivity index (χ2n) is 16.2. The van der Waals surface area contributed by atoms with Crippen LogP contribution in [-0.2, 0) is 46.9 Å². The molecule has 6 aliphatic rings. The van der Waals surface area contributed by atoms with Gasteiger partial charge in [0.1, 0.15) is 6.10 Å². The van der Waals surface area contributed by atoms with E-state index in [1.54, 1.807) is 4.90 Å². The minimum Gasteiger partial charge on any atom is -0.444 e. The lowest BCUT2D eigenvalue weighted by Crippen LogP contribution is -2.49. The largest absolute Gasteiger partial charge is 0.444 e. The molecular weight excluding hydrogens is 723 g/mol. The molecule has 0 bridgehead atoms. The minimum atomic E-state index is -3.89. The topological polar surface area (TPSA) is 150 Å². The first-order valence-electron chi connectivity index (χ1n) is 19.5. The number of benzene rings is 1. The van der Waals surface area contributed by atoms with Crippen molar-refractivity contribution in [3.8, 4) is 0 Å². The number of alkyl halides is 2. The average molecular weight is 773 g/mol. The molecule has 1 aromatic carbocycles. The third kappa shape index (κ3) is 8.50. The van der Waals surface area contributed by atoms with E-state index in [9.17, 15) is 41.2 Å². The van der Waals surface area contributed by atoms with E-state index in [4.69, 9.17) is 4.74 Å². The van der Waals surface area contributed by atoms with Crippen LogP contribution in [0.3, 0.4) is 0 Å². The molecule has 12 nitrogen and oxygen atoms in total. The van der Waals surface area contributed by atoms with Crippen molar-refractivity contribution in [1.82, 2.24) is 19.4 Å². The van der Waals surface area contributed by atoms with Crippen molar-refractivity contribution >= 4 is 39.6 Å². The standard InChI is InChI=1S/C39H50F2N4O8S/c40-39(41)16-8-17-44(25-39)34(47)19-27-10-4-2-1-3-5-12-29-21-38(29,36(49)42-54(51,52)31-13-14-31)22-33(46)32-20-30(24-45(32)35(27)48)53-37(50)43-18-15-26-9-6-7-11-28(26)23-43/h5-7,9,11-12,27,29-32H,1-4,8,10,13-25H2,(H,42,49)/b12-5-/t27-,29-,30-,32+,38-/m1/s1. The van der Waals surface area contributed by atoms with Crippen molar-refractivity contribution in [2.45, 2.75) is 120 Å². The fraction of sp³-hybridized carbons (Fsp3) is 0.667. The number of likely N-dealkylation sites (tertiary alicyclic amines) is 1. The lowest BCUT2D eigenvalue weighted by molar-refractivity contribution is -0.148. The molecule has 4 aliphatic heterocycles. The molecule has 0 radical (unpaired) electrons. The summed E-state index contributed by atoms with van der Waals surface area (Å²) in [6, 6.07) is 6.72. The third-order valence-electron chi connectivity index (χ3n) is 12.2. The number of amides is 4. The molecule has 54 heavy (non-hydrogen) atoms. The maximum atomic E-state index is 14.5. The van der Waals surface area contributed by atoms with E-state index in [1.165, 1.54) is 4.90 Å². The Morgan fingerprint density at radius 2 is 1.74 bits per heavy atom. The molecule has 1 aromatic rings. The number of sulfonamides is 1. The highest BCUT2D eigenvalue weighted by molar-refractivity contribution is 7.90. The van der Waals surface area contributed by atoms with Gasteiger partial charge in [0.15, 0.2) is 5.78 Å². The van der Waals surface area contributed by atoms with Gasteiger partial charge >= 0.3 is 6.09 Å². The number of ether oxygens (including phenoxy) is 1. The lowest BCUT2D eigenvalue weighted by atomic mass is 9.90. The van der Waals surface area contributed by atoms with E-state index in [-0.39, 0.29) is 57.5 Å². The number of hydrogen-bond acceptors (Lipinski definition) is 8. The number of carbonyl (C=O) groups is 5. The van der Waals surface area contributed by atoms with Crippen LogP contribution in [0.2, 0.25) is 0 Å². The Morgan fingerprint density at radius 3 is 2.50 bits per heavy atom. The highest BCUT2D eigenvalue weighted by Gasteiger charge is 2.61. The quantitative estimate of drug-likeness (QED) is 0.416. The summed E-state index contributed by atoms with van der Waals surface area (Å²) in [5.41, 5.74) is 0.842. The number of ketones is 1. The number of allylic oxidation sites excluding steroid dienone is 2. The Balaban J connectivity index is 1.13. The van der Waals surface area contributed by atoms with Crippen LogP contribution in [0.15, 0.2) is 36.4 Å². The first-order valence-corrected chi connectivity index (χ1v) is 21.0. The third-order valence-corrected chi connectivity index (χ3v) is 14.0. The van der Waals surface area contributed by atoms with E-state index in [0.717, 1.165) is 28.9 Å². The number of rotatable bonds is 6. The average Bonchev–Trinajstić information content (AvgIpc) is 4.06. The number of halogens is 2. The number of Topliss-reactive ketones (excluding diaryl/α,β-unsaturated/α-hetero) is 1. The van der Waals surface area contributed by atoms with E-state index in [1.807, 2.05) is 36.4 Å². The van der Waals surface area contributed by atoms with Gasteiger partial charge in [0.05, 0.1) is 29.8 Å². The predicted octanol–water partition coefficient (Wildman–Crippen LogP) is 4.51. The summed E-state index contributed by atoms with van der Waals surface area (Å²) in [5.74, 6) is -6.49. The van der Waals surface area contributed by atoms with Crippen LogP contribution >= 0.6 is 0 Å². The second kappa shape index (κ2) is 15.3. The molecule has 5 atom stereocenters. The zero-order chi connectivity index (χ0) is 38.3. The summed E-state index contributed by atoms with van der Waals surface area (Å²) >= 11 is 0. The van der Waals surface area contributed by atoms with Gasteiger partial charge < -0.3 is 19.4 Å². The van der Waals surface area contributed by atoms with Crippen molar-refractivity contribution < 1.29 is 45.9 Å². The Morgan fingerprint density at radius 1 is 0.963 bits per heavy atom. The van der Waals surface area contributed by atoms with Gasteiger partial charge in [-0.2, -0.15) is 0 Å². The van der Waals surface area contributed by atoms with E-state index in [2.05, 4.69) is 4.72 Å². The molecule has 4 amide bonds. The first kappa shape index (κ1) is 38.4. The van der Waals surface area contributed by atoms with Crippen molar-refractivity contribution in [2.24, 2.45) is 17.3 Å². The zero-order valence-electron chi connectivity index (χ0n) is 30.6. The van der Waals surface area contributed by atoms with Gasteiger partial charge in [0.2, 0.25) is 27.7 Å². The molecule has 2 saturated heterocycles. The molecule has 7 rings (SSSR count). The summed E-state index contributed by atoms with van der Waals surface area (Å²) in [6.07, 6.45) is 6.49. The normalized spacial score (nSPS) is 30.9. The summed E-state index contributed by atoms with van der Waals surface area (Å²) in [7, 11) is -3.89. The summed E-state index contributed by atoms with van der Waals surface area (Å²) in [6.45, 7) is 0.140. The van der Waals surface area contributed by atoms with E-state index in [0.29, 0.717) is 51.6 Å². The maximum Gasteiger partial charge on any atom is 0.410 e. The molecule has 0 aromatic heterocycles. The molecule has 294 valence electrons. The number of piperidine rings is 1. The van der Waals surface area contributed by atoms with Crippen LogP contribution in [0.4, 0.5) is 13.6 Å². The SMILES string of the molecule is O=C1C[C@]2(C(=O)NS(=O)(=O)C3CC3)C[C@H]2/C=C\CCCCC[C@H](CC(=O)N2CCCC(F)(F)C2)C(=O)N2C[C@H](OC(=O)N3CCc4ccccc4C3)C[C@@H]12. The Labute approximate surface area is 315 Å². The minimum absolute atomic E-state index is 0.0294. The van der Waals surface area contributed by atoms with E-state index >= 15 is 0 Å². The Kier molecular flexibility index (Phi) is 10.9. The lowest BCUT2D eigenvalue weighted by Gasteiger charge is -2.34. The zero-order valence-corrected chi connectivity index (χ0v) is 31.4. The van der Waals surface area contributed by atoms with Gasteiger partial charge in [-0.1, -0.05) is 49.3 Å². The van der Waals surface area contributed by atoms with Crippen molar-refractivity contribution in [1.29, 1.82) is 0 Å². The first-order chi connectivity index (χ1) is 25.7. The van der Waals surface area contributed by atoms with Gasteiger partial charge in [-0.3, -0.25) is 23.9 Å². The molecule has 4 heterocycles. The van der Waals surface area contributed by atoms with Crippen LogP contribution in [0, 0.1) is 17.3 Å². The second-order valence-corrected chi connectivity index (χ2v) is 18.2. The monoisotopic (exact) mass is 772 g/mol. The number of nitrogens with zero attached hydrogens (tertiary/aromatic N) is 3. The molecule has 4 fully saturated rings. The fourth-order valence-electron chi connectivity index (χ4n) is 8.71. The van der Waals surface area contributed by atoms with Crippen LogP contribution in [0.25, 0.3) is 0 Å². The van der Waals surface area contributed by atoms with E-state index < -0.39 is 80.8 Å². The van der Waals surface area contributed by atoms with Gasteiger partial charge in [-0.25, -0.2) is 22.0 Å². The number of hydrogen-bond donors (Lipinski definition) is 1. The van der Waals surface area contributed by atoms with Gasteiger partial charge in [-0.15, -0.1) is 0 Å². The summed E-state index contributed by atoms with van der Waals surface area (Å²) < 4.78 is 62.4. The molecule has 0 spiro atoms. The highest BCUT2D eigenvalue weighted by atomic mass is 32.2. The fourth-order valence-corrected chi connectivity index (χ4v) is 10.1. The van der Waals surface area contributed by atoms with Crippen LogP contribution in [-0.4, -0.2) is 102 Å². The van der Waals surface area contributed by atoms with Crippen molar-refractivity contribution in [3.05, 3.63) is 47.5 Å². The molecule has 2 saturated carbocycles. The Hall–Kier alpha value is -3.88. The molecule has 15 heteroatoms. The van der Waals surface area contributed by atoms with Gasteiger partial charge in [0, 0.05) is 51.2 Å². The number of nitrogens with one attached hydrogen (secondary N) is 1. The molecule has 1 N–H and O–H groups in total. The number of carbonyl (C=O) groups excluding carboxylic acids is 5.